The average molecular weight is 179 g/mol. The number of hydrogen-bond donors (Lipinski definition) is 3. The molecule has 4 N–H and O–H groups in total. The molecule has 3 heteroatoms. The zero-order valence-electron chi connectivity index (χ0n) is 8.17. The highest BCUT2D eigenvalue weighted by Gasteiger charge is 2.03. The van der Waals surface area contributed by atoms with Gasteiger partial charge in [0.25, 0.3) is 0 Å². The summed E-state index contributed by atoms with van der Waals surface area (Å²) in [6, 6.07) is 8.26. The van der Waals surface area contributed by atoms with E-state index in [1.54, 1.807) is 0 Å². The third-order valence-electron chi connectivity index (χ3n) is 1.96. The Morgan fingerprint density at radius 1 is 1.31 bits per heavy atom. The average Bonchev–Trinajstić information content (AvgIpc) is 2.15. The number of nitrogens with one attached hydrogen (secondary N) is 2. The van der Waals surface area contributed by atoms with Crippen molar-refractivity contribution < 1.29 is 0 Å². The molecule has 0 fully saturated rings. The Kier molecular flexibility index (Phi) is 3.73. The first-order valence-electron chi connectivity index (χ1n) is 4.52. The minimum Gasteiger partial charge on any atom is -0.371 e. The molecule has 3 nitrogen and oxygen atoms in total. The molecular weight excluding hydrogens is 162 g/mol. The van der Waals surface area contributed by atoms with Crippen molar-refractivity contribution in [3.8, 4) is 0 Å². The predicted octanol–water partition coefficient (Wildman–Crippen LogP) is 1.64. The van der Waals surface area contributed by atoms with Crippen molar-refractivity contribution in [3.63, 3.8) is 0 Å². The highest BCUT2D eigenvalue weighted by molar-refractivity contribution is 5.52. The Labute approximate surface area is 79.3 Å². The van der Waals surface area contributed by atoms with Crippen LogP contribution in [0.3, 0.4) is 0 Å². The van der Waals surface area contributed by atoms with Crippen LogP contribution in [-0.2, 0) is 0 Å². The van der Waals surface area contributed by atoms with Crippen LogP contribution in [0.25, 0.3) is 0 Å². The third kappa shape index (κ3) is 2.72. The van der Waals surface area contributed by atoms with E-state index in [9.17, 15) is 0 Å². The normalized spacial score (nSPS) is 10.5. The van der Waals surface area contributed by atoms with Gasteiger partial charge in [-0.3, -0.25) is 5.84 Å². The minimum atomic E-state index is 0.529. The summed E-state index contributed by atoms with van der Waals surface area (Å²) in [6.45, 7) is 4.94. The monoisotopic (exact) mass is 179 g/mol. The number of rotatable bonds is 4. The molecule has 1 rings (SSSR count). The lowest BCUT2D eigenvalue weighted by Gasteiger charge is -2.13. The summed E-state index contributed by atoms with van der Waals surface area (Å²) in [6.07, 6.45) is 0. The van der Waals surface area contributed by atoms with Crippen molar-refractivity contribution in [1.29, 1.82) is 0 Å². The van der Waals surface area contributed by atoms with Gasteiger partial charge in [0.1, 0.15) is 0 Å². The number of hydrazine groups is 1. The van der Waals surface area contributed by atoms with Gasteiger partial charge >= 0.3 is 0 Å². The summed E-state index contributed by atoms with van der Waals surface area (Å²) in [5.74, 6) is 5.72. The van der Waals surface area contributed by atoms with Crippen LogP contribution >= 0.6 is 0 Å². The Bertz CT molecular complexity index is 258. The lowest BCUT2D eigenvalue weighted by Crippen LogP contribution is -2.28. The van der Waals surface area contributed by atoms with Crippen molar-refractivity contribution in [2.75, 3.05) is 12.0 Å². The van der Waals surface area contributed by atoms with Gasteiger partial charge in [-0.1, -0.05) is 32.0 Å². The van der Waals surface area contributed by atoms with Crippen LogP contribution in [0.15, 0.2) is 24.3 Å². The van der Waals surface area contributed by atoms with Gasteiger partial charge in [0.15, 0.2) is 0 Å². The van der Waals surface area contributed by atoms with Crippen LogP contribution in [0, 0.1) is 0 Å². The second-order valence-electron chi connectivity index (χ2n) is 3.30. The molecule has 0 atom stereocenters. The molecule has 0 aliphatic carbocycles. The summed E-state index contributed by atoms with van der Waals surface area (Å²) in [4.78, 5) is 0. The van der Waals surface area contributed by atoms with E-state index < -0.39 is 0 Å². The molecule has 1 aromatic rings. The largest absolute Gasteiger partial charge is 0.371 e. The maximum absolute atomic E-state index is 5.19. The Morgan fingerprint density at radius 3 is 2.62 bits per heavy atom. The predicted molar refractivity (Wildman–Crippen MR) is 56.3 cm³/mol. The second kappa shape index (κ2) is 4.84. The summed E-state index contributed by atoms with van der Waals surface area (Å²) in [7, 11) is 0. The van der Waals surface area contributed by atoms with E-state index in [0.717, 1.165) is 5.69 Å². The van der Waals surface area contributed by atoms with Crippen molar-refractivity contribution in [2.45, 2.75) is 19.8 Å². The summed E-state index contributed by atoms with van der Waals surface area (Å²) < 4.78 is 0. The van der Waals surface area contributed by atoms with Gasteiger partial charge < -0.3 is 5.32 Å². The first-order valence-corrected chi connectivity index (χ1v) is 4.52. The molecule has 1 aromatic carbocycles. The zero-order valence-corrected chi connectivity index (χ0v) is 8.17. The van der Waals surface area contributed by atoms with Crippen LogP contribution in [-0.4, -0.2) is 6.67 Å². The second-order valence-corrected chi connectivity index (χ2v) is 3.30. The van der Waals surface area contributed by atoms with Gasteiger partial charge in [0.2, 0.25) is 0 Å². The van der Waals surface area contributed by atoms with Crippen LogP contribution < -0.4 is 16.6 Å². The molecule has 0 heterocycles. The maximum Gasteiger partial charge on any atom is 0.0780 e. The number of nitrogens with two attached hydrogens (primary N) is 1. The van der Waals surface area contributed by atoms with E-state index in [1.165, 1.54) is 5.56 Å². The Hall–Kier alpha value is -1.06. The molecule has 0 unspecified atom stereocenters. The first-order chi connectivity index (χ1) is 6.25. The topological polar surface area (TPSA) is 50.1 Å². The van der Waals surface area contributed by atoms with E-state index in [2.05, 4.69) is 42.8 Å². The molecule has 0 aliphatic heterocycles. The molecule has 0 aliphatic rings. The molecule has 72 valence electrons. The number of hydrogen-bond acceptors (Lipinski definition) is 3. The third-order valence-corrected chi connectivity index (χ3v) is 1.96. The molecule has 0 spiro atoms. The number of benzene rings is 1. The van der Waals surface area contributed by atoms with Crippen LogP contribution in [0.4, 0.5) is 5.69 Å². The summed E-state index contributed by atoms with van der Waals surface area (Å²) in [5, 5.41) is 3.21. The highest BCUT2D eigenvalue weighted by atomic mass is 15.3. The summed E-state index contributed by atoms with van der Waals surface area (Å²) >= 11 is 0. The molecule has 13 heavy (non-hydrogen) atoms. The minimum absolute atomic E-state index is 0.529. The van der Waals surface area contributed by atoms with Crippen molar-refractivity contribution >= 4 is 5.69 Å². The molecule has 0 bridgehead atoms. The summed E-state index contributed by atoms with van der Waals surface area (Å²) in [5.41, 5.74) is 5.04. The lowest BCUT2D eigenvalue weighted by molar-refractivity contribution is 0.784. The zero-order chi connectivity index (χ0) is 9.68. The van der Waals surface area contributed by atoms with Crippen LogP contribution in [0.2, 0.25) is 0 Å². The smallest absolute Gasteiger partial charge is 0.0780 e. The number of anilines is 1. The fraction of sp³-hybridized carbons (Fsp3) is 0.400. The molecule has 0 saturated carbocycles. The van der Waals surface area contributed by atoms with Crippen molar-refractivity contribution in [2.24, 2.45) is 5.84 Å². The molecule has 0 saturated heterocycles. The Balaban J connectivity index is 2.78. The fourth-order valence-corrected chi connectivity index (χ4v) is 1.31. The van der Waals surface area contributed by atoms with Crippen molar-refractivity contribution in [3.05, 3.63) is 29.8 Å². The fourth-order valence-electron chi connectivity index (χ4n) is 1.31. The van der Waals surface area contributed by atoms with E-state index in [4.69, 9.17) is 5.84 Å². The van der Waals surface area contributed by atoms with Gasteiger partial charge in [-0.15, -0.1) is 0 Å². The van der Waals surface area contributed by atoms with E-state index in [1.807, 2.05) is 6.07 Å². The van der Waals surface area contributed by atoms with Gasteiger partial charge in [0.05, 0.1) is 6.67 Å². The van der Waals surface area contributed by atoms with E-state index in [-0.39, 0.29) is 0 Å². The Morgan fingerprint density at radius 2 is 2.00 bits per heavy atom. The molecule has 0 aromatic heterocycles. The molecular formula is C10H17N3. The highest BCUT2D eigenvalue weighted by Crippen LogP contribution is 2.22. The first kappa shape index (κ1) is 10.0. The maximum atomic E-state index is 5.19. The van der Waals surface area contributed by atoms with E-state index >= 15 is 0 Å². The van der Waals surface area contributed by atoms with Crippen molar-refractivity contribution in [1.82, 2.24) is 5.43 Å². The van der Waals surface area contributed by atoms with Crippen LogP contribution in [0.5, 0.6) is 0 Å². The van der Waals surface area contributed by atoms with Crippen LogP contribution in [0.1, 0.15) is 25.3 Å². The van der Waals surface area contributed by atoms with Gasteiger partial charge in [-0.2, -0.15) is 0 Å². The molecule has 0 radical (unpaired) electrons. The lowest BCUT2D eigenvalue weighted by atomic mass is 10.0. The molecule has 0 amide bonds. The van der Waals surface area contributed by atoms with Gasteiger partial charge in [0, 0.05) is 5.69 Å². The number of para-hydroxylation sites is 1. The van der Waals surface area contributed by atoms with E-state index in [0.29, 0.717) is 12.6 Å². The standard InChI is InChI=1S/C10H17N3/c1-8(2)9-5-3-4-6-10(9)12-7-13-11/h3-6,8,12-13H,7,11H2,1-2H3. The van der Waals surface area contributed by atoms with Gasteiger partial charge in [-0.25, -0.2) is 5.43 Å². The quantitative estimate of drug-likeness (QED) is 0.374. The van der Waals surface area contributed by atoms with Gasteiger partial charge in [-0.05, 0) is 17.5 Å². The SMILES string of the molecule is CC(C)c1ccccc1NCNN.